The zero-order chi connectivity index (χ0) is 8.27. The third kappa shape index (κ3) is 1.98. The average Bonchev–Trinajstić information content (AvgIpc) is 2.04. The number of rotatable bonds is 2. The Morgan fingerprint density at radius 3 is 3.00 bits per heavy atom. The summed E-state index contributed by atoms with van der Waals surface area (Å²) >= 11 is 0. The first-order valence-electron chi connectivity index (χ1n) is 4.62. The number of allylic oxidation sites excluding steroid dienone is 4. The Balaban J connectivity index is 2.67. The van der Waals surface area contributed by atoms with Gasteiger partial charge in [0.25, 0.3) is 0 Å². The van der Waals surface area contributed by atoms with E-state index in [0.717, 1.165) is 11.7 Å². The van der Waals surface area contributed by atoms with Gasteiger partial charge in [0.1, 0.15) is 7.85 Å². The van der Waals surface area contributed by atoms with Crippen LogP contribution in [0.2, 0.25) is 5.82 Å². The Bertz CT molecular complexity index is 179. The van der Waals surface area contributed by atoms with Gasteiger partial charge in [0.2, 0.25) is 0 Å². The Morgan fingerprint density at radius 2 is 2.45 bits per heavy atom. The van der Waals surface area contributed by atoms with Gasteiger partial charge in [0.15, 0.2) is 0 Å². The van der Waals surface area contributed by atoms with Crippen LogP contribution in [0.5, 0.6) is 0 Å². The summed E-state index contributed by atoms with van der Waals surface area (Å²) in [4.78, 5) is 0. The molecule has 11 heavy (non-hydrogen) atoms. The molecule has 1 rings (SSSR count). The van der Waals surface area contributed by atoms with Crippen LogP contribution in [0.3, 0.4) is 0 Å². The van der Waals surface area contributed by atoms with Gasteiger partial charge >= 0.3 is 0 Å². The third-order valence-electron chi connectivity index (χ3n) is 2.66. The van der Waals surface area contributed by atoms with E-state index in [9.17, 15) is 0 Å². The SMILES string of the molecule is BC(CC)C1=CC=CCC1C. The van der Waals surface area contributed by atoms with Gasteiger partial charge in [-0.25, -0.2) is 0 Å². The van der Waals surface area contributed by atoms with Crippen molar-refractivity contribution in [1.29, 1.82) is 0 Å². The van der Waals surface area contributed by atoms with E-state index in [1.807, 2.05) is 0 Å². The minimum Gasteiger partial charge on any atom is -0.0840 e. The van der Waals surface area contributed by atoms with Crippen molar-refractivity contribution in [3.05, 3.63) is 23.8 Å². The fourth-order valence-corrected chi connectivity index (χ4v) is 1.65. The van der Waals surface area contributed by atoms with Crippen LogP contribution in [0, 0.1) is 5.92 Å². The van der Waals surface area contributed by atoms with E-state index in [0.29, 0.717) is 0 Å². The summed E-state index contributed by atoms with van der Waals surface area (Å²) in [5.41, 5.74) is 1.63. The molecule has 0 aromatic carbocycles. The van der Waals surface area contributed by atoms with E-state index < -0.39 is 0 Å². The van der Waals surface area contributed by atoms with Gasteiger partial charge in [-0.1, -0.05) is 44.1 Å². The quantitative estimate of drug-likeness (QED) is 0.527. The lowest BCUT2D eigenvalue weighted by molar-refractivity contribution is 0.641. The first-order chi connectivity index (χ1) is 5.25. The molecule has 0 amide bonds. The van der Waals surface area contributed by atoms with Crippen LogP contribution in [0.4, 0.5) is 0 Å². The van der Waals surface area contributed by atoms with E-state index in [-0.39, 0.29) is 0 Å². The summed E-state index contributed by atoms with van der Waals surface area (Å²) in [7, 11) is 2.32. The maximum atomic E-state index is 2.32. The normalized spacial score (nSPS) is 26.4. The van der Waals surface area contributed by atoms with Crippen LogP contribution in [0.25, 0.3) is 0 Å². The molecule has 0 nitrogen and oxygen atoms in total. The molecule has 1 aliphatic carbocycles. The van der Waals surface area contributed by atoms with Gasteiger partial charge in [0.05, 0.1) is 0 Å². The smallest absolute Gasteiger partial charge is 0.0840 e. The van der Waals surface area contributed by atoms with Crippen molar-refractivity contribution in [2.75, 3.05) is 0 Å². The van der Waals surface area contributed by atoms with Crippen molar-refractivity contribution in [2.45, 2.75) is 32.5 Å². The maximum absolute atomic E-state index is 2.32. The van der Waals surface area contributed by atoms with Gasteiger partial charge < -0.3 is 0 Å². The molecule has 2 unspecified atom stereocenters. The predicted molar refractivity (Wildman–Crippen MR) is 53.6 cm³/mol. The van der Waals surface area contributed by atoms with E-state index in [1.165, 1.54) is 12.8 Å². The van der Waals surface area contributed by atoms with Crippen molar-refractivity contribution < 1.29 is 0 Å². The van der Waals surface area contributed by atoms with Crippen molar-refractivity contribution >= 4 is 7.85 Å². The summed E-state index contributed by atoms with van der Waals surface area (Å²) in [5, 5.41) is 0. The number of hydrogen-bond acceptors (Lipinski definition) is 0. The second-order valence-corrected chi connectivity index (χ2v) is 3.54. The lowest BCUT2D eigenvalue weighted by Gasteiger charge is -2.22. The molecule has 2 atom stereocenters. The molecule has 0 fully saturated rings. The second kappa shape index (κ2) is 3.80. The molecule has 60 valence electrons. The second-order valence-electron chi connectivity index (χ2n) is 3.54. The highest BCUT2D eigenvalue weighted by atomic mass is 14.2. The molecule has 0 spiro atoms. The average molecular weight is 148 g/mol. The molecule has 0 heterocycles. The first-order valence-corrected chi connectivity index (χ1v) is 4.62. The molecule has 1 heteroatoms. The minimum atomic E-state index is 0.773. The molecule has 0 radical (unpaired) electrons. The van der Waals surface area contributed by atoms with Gasteiger partial charge in [-0.05, 0) is 18.2 Å². The summed E-state index contributed by atoms with van der Waals surface area (Å²) < 4.78 is 0. The van der Waals surface area contributed by atoms with E-state index in [1.54, 1.807) is 5.57 Å². The third-order valence-corrected chi connectivity index (χ3v) is 2.66. The highest BCUT2D eigenvalue weighted by molar-refractivity contribution is 6.13. The lowest BCUT2D eigenvalue weighted by atomic mass is 9.72. The first kappa shape index (κ1) is 8.64. The van der Waals surface area contributed by atoms with Gasteiger partial charge in [-0.15, -0.1) is 0 Å². The van der Waals surface area contributed by atoms with Gasteiger partial charge in [-0.2, -0.15) is 0 Å². The monoisotopic (exact) mass is 148 g/mol. The zero-order valence-corrected chi connectivity index (χ0v) is 7.80. The summed E-state index contributed by atoms with van der Waals surface area (Å²) in [5.74, 6) is 1.55. The van der Waals surface area contributed by atoms with Crippen molar-refractivity contribution in [3.8, 4) is 0 Å². The summed E-state index contributed by atoms with van der Waals surface area (Å²) in [6.07, 6.45) is 9.25. The largest absolute Gasteiger partial charge is 0.110 e. The summed E-state index contributed by atoms with van der Waals surface area (Å²) in [6, 6.07) is 0. The van der Waals surface area contributed by atoms with Crippen LogP contribution in [-0.2, 0) is 0 Å². The van der Waals surface area contributed by atoms with E-state index >= 15 is 0 Å². The fourth-order valence-electron chi connectivity index (χ4n) is 1.65. The molecule has 0 saturated heterocycles. The Kier molecular flexibility index (Phi) is 2.98. The molecular weight excluding hydrogens is 131 g/mol. The topological polar surface area (TPSA) is 0 Å². The van der Waals surface area contributed by atoms with Crippen molar-refractivity contribution in [3.63, 3.8) is 0 Å². The summed E-state index contributed by atoms with van der Waals surface area (Å²) in [6.45, 7) is 4.58. The zero-order valence-electron chi connectivity index (χ0n) is 7.80. The lowest BCUT2D eigenvalue weighted by Crippen LogP contribution is -2.07. The maximum Gasteiger partial charge on any atom is 0.110 e. The van der Waals surface area contributed by atoms with Crippen LogP contribution in [0.15, 0.2) is 23.8 Å². The molecule has 0 saturated carbocycles. The predicted octanol–water partition coefficient (Wildman–Crippen LogP) is 2.34. The molecule has 0 aromatic rings. The molecule has 0 bridgehead atoms. The van der Waals surface area contributed by atoms with Crippen molar-refractivity contribution in [2.24, 2.45) is 5.92 Å². The molecule has 0 aliphatic heterocycles. The highest BCUT2D eigenvalue weighted by Crippen LogP contribution is 2.30. The minimum absolute atomic E-state index is 0.773. The fraction of sp³-hybridized carbons (Fsp3) is 0.600. The van der Waals surface area contributed by atoms with Crippen molar-refractivity contribution in [1.82, 2.24) is 0 Å². The Hall–Kier alpha value is -0.455. The molecule has 1 aliphatic rings. The Morgan fingerprint density at radius 1 is 1.73 bits per heavy atom. The van der Waals surface area contributed by atoms with Gasteiger partial charge in [-0.3, -0.25) is 0 Å². The van der Waals surface area contributed by atoms with Crippen LogP contribution < -0.4 is 0 Å². The van der Waals surface area contributed by atoms with E-state index in [2.05, 4.69) is 39.9 Å². The van der Waals surface area contributed by atoms with Crippen LogP contribution in [-0.4, -0.2) is 7.85 Å². The molecular formula is C10H17B. The van der Waals surface area contributed by atoms with Crippen LogP contribution >= 0.6 is 0 Å². The van der Waals surface area contributed by atoms with E-state index in [4.69, 9.17) is 0 Å². The highest BCUT2D eigenvalue weighted by Gasteiger charge is 2.14. The number of hydrogen-bond donors (Lipinski definition) is 0. The molecule has 0 aromatic heterocycles. The standard InChI is InChI=1S/C10H17B/c1-3-10(11)9-7-5-4-6-8(9)2/h4-5,7-8,10H,3,6,11H2,1-2H3. The molecule has 0 N–H and O–H groups in total. The van der Waals surface area contributed by atoms with Crippen LogP contribution in [0.1, 0.15) is 26.7 Å². The Labute approximate surface area is 70.8 Å². The van der Waals surface area contributed by atoms with Gasteiger partial charge in [0, 0.05) is 0 Å².